The number of nitrogen functional groups attached to an aromatic ring is 1. The van der Waals surface area contributed by atoms with Crippen LogP contribution in [0.15, 0.2) is 42.7 Å². The molecule has 2 aromatic heterocycles. The highest BCUT2D eigenvalue weighted by atomic mass is 15.3. The Bertz CT molecular complexity index is 680. The van der Waals surface area contributed by atoms with E-state index < -0.39 is 0 Å². The van der Waals surface area contributed by atoms with Gasteiger partial charge in [0.1, 0.15) is 5.82 Å². The van der Waals surface area contributed by atoms with Gasteiger partial charge in [-0.2, -0.15) is 5.10 Å². The first-order chi connectivity index (χ1) is 8.72. The maximum atomic E-state index is 5.74. The van der Waals surface area contributed by atoms with Crippen LogP contribution in [0.4, 0.5) is 5.82 Å². The molecule has 0 aliphatic rings. The molecule has 3 aromatic rings. The molecule has 0 spiro atoms. The number of nitrogens with zero attached hydrogens (tertiary/aromatic N) is 3. The van der Waals surface area contributed by atoms with Crippen LogP contribution in [-0.4, -0.2) is 14.8 Å². The van der Waals surface area contributed by atoms with Crippen molar-refractivity contribution in [1.29, 1.82) is 0 Å². The van der Waals surface area contributed by atoms with Gasteiger partial charge in [-0.25, -0.2) is 0 Å². The van der Waals surface area contributed by atoms with Crippen LogP contribution in [-0.2, 0) is 6.54 Å². The van der Waals surface area contributed by atoms with E-state index >= 15 is 0 Å². The lowest BCUT2D eigenvalue weighted by molar-refractivity contribution is 0.690. The van der Waals surface area contributed by atoms with Crippen molar-refractivity contribution in [2.24, 2.45) is 0 Å². The molecule has 0 aliphatic heterocycles. The van der Waals surface area contributed by atoms with Crippen molar-refractivity contribution in [3.63, 3.8) is 0 Å². The number of hydrogen-bond donors (Lipinski definition) is 1. The van der Waals surface area contributed by atoms with E-state index in [1.54, 1.807) is 6.20 Å². The molecule has 0 saturated carbocycles. The minimum absolute atomic E-state index is 0.595. The number of aromatic nitrogens is 3. The van der Waals surface area contributed by atoms with Gasteiger partial charge in [-0.05, 0) is 30.7 Å². The molecule has 0 amide bonds. The number of anilines is 1. The van der Waals surface area contributed by atoms with E-state index in [0.717, 1.165) is 23.0 Å². The van der Waals surface area contributed by atoms with E-state index in [9.17, 15) is 0 Å². The lowest BCUT2D eigenvalue weighted by Crippen LogP contribution is -2.01. The molecule has 0 aliphatic carbocycles. The van der Waals surface area contributed by atoms with Crippen molar-refractivity contribution in [1.82, 2.24) is 14.8 Å². The SMILES string of the molecule is Cc1cn(Cc2ccc3ncccc3c2)nc1N. The van der Waals surface area contributed by atoms with Gasteiger partial charge in [0.2, 0.25) is 0 Å². The van der Waals surface area contributed by atoms with Gasteiger partial charge in [-0.1, -0.05) is 12.1 Å². The maximum Gasteiger partial charge on any atom is 0.148 e. The Kier molecular flexibility index (Phi) is 2.48. The molecule has 0 bridgehead atoms. The van der Waals surface area contributed by atoms with Gasteiger partial charge in [-0.3, -0.25) is 9.67 Å². The van der Waals surface area contributed by atoms with E-state index in [-0.39, 0.29) is 0 Å². The van der Waals surface area contributed by atoms with Gasteiger partial charge >= 0.3 is 0 Å². The molecule has 0 unspecified atom stereocenters. The fourth-order valence-electron chi connectivity index (χ4n) is 2.03. The third-order valence-corrected chi connectivity index (χ3v) is 2.99. The molecule has 0 saturated heterocycles. The molecular formula is C14H14N4. The molecule has 3 rings (SSSR count). The first kappa shape index (κ1) is 10.8. The summed E-state index contributed by atoms with van der Waals surface area (Å²) in [7, 11) is 0. The van der Waals surface area contributed by atoms with Crippen molar-refractivity contribution >= 4 is 16.7 Å². The van der Waals surface area contributed by atoms with Crippen LogP contribution < -0.4 is 5.73 Å². The summed E-state index contributed by atoms with van der Waals surface area (Å²) in [5.41, 5.74) is 8.96. The van der Waals surface area contributed by atoms with Crippen molar-refractivity contribution in [2.45, 2.75) is 13.5 Å². The molecule has 0 radical (unpaired) electrons. The first-order valence-electron chi connectivity index (χ1n) is 5.85. The first-order valence-corrected chi connectivity index (χ1v) is 5.85. The average Bonchev–Trinajstić information content (AvgIpc) is 2.68. The van der Waals surface area contributed by atoms with Gasteiger partial charge in [0.25, 0.3) is 0 Å². The topological polar surface area (TPSA) is 56.7 Å². The summed E-state index contributed by atoms with van der Waals surface area (Å²) in [5.74, 6) is 0.595. The highest BCUT2D eigenvalue weighted by molar-refractivity contribution is 5.78. The zero-order valence-electron chi connectivity index (χ0n) is 10.2. The summed E-state index contributed by atoms with van der Waals surface area (Å²) in [6, 6.07) is 10.2. The van der Waals surface area contributed by atoms with E-state index in [1.165, 1.54) is 5.56 Å². The quantitative estimate of drug-likeness (QED) is 0.745. The molecule has 0 fully saturated rings. The second kappa shape index (κ2) is 4.14. The molecule has 90 valence electrons. The van der Waals surface area contributed by atoms with Crippen LogP contribution in [0.2, 0.25) is 0 Å². The summed E-state index contributed by atoms with van der Waals surface area (Å²) in [6.45, 7) is 2.69. The summed E-state index contributed by atoms with van der Waals surface area (Å²) < 4.78 is 1.86. The number of fused-ring (bicyclic) bond motifs is 1. The molecule has 2 N–H and O–H groups in total. The third kappa shape index (κ3) is 1.93. The zero-order chi connectivity index (χ0) is 12.5. The second-order valence-corrected chi connectivity index (χ2v) is 4.43. The van der Waals surface area contributed by atoms with Gasteiger partial charge in [0.15, 0.2) is 0 Å². The molecule has 1 aromatic carbocycles. The van der Waals surface area contributed by atoms with Crippen LogP contribution in [0.1, 0.15) is 11.1 Å². The fraction of sp³-hybridized carbons (Fsp3) is 0.143. The smallest absolute Gasteiger partial charge is 0.148 e. The highest BCUT2D eigenvalue weighted by Gasteiger charge is 2.02. The summed E-state index contributed by atoms with van der Waals surface area (Å²) >= 11 is 0. The Morgan fingerprint density at radius 3 is 2.94 bits per heavy atom. The number of hydrogen-bond acceptors (Lipinski definition) is 3. The largest absolute Gasteiger partial charge is 0.382 e. The van der Waals surface area contributed by atoms with Gasteiger partial charge < -0.3 is 5.73 Å². The predicted octanol–water partition coefficient (Wildman–Crippen LogP) is 2.37. The molecule has 4 nitrogen and oxygen atoms in total. The minimum Gasteiger partial charge on any atom is -0.382 e. The molecule has 2 heterocycles. The number of aryl methyl sites for hydroxylation is 1. The minimum atomic E-state index is 0.595. The van der Waals surface area contributed by atoms with Gasteiger partial charge in [0, 0.05) is 23.3 Å². The average molecular weight is 238 g/mol. The Hall–Kier alpha value is -2.36. The van der Waals surface area contributed by atoms with E-state index in [4.69, 9.17) is 5.73 Å². The van der Waals surface area contributed by atoms with E-state index in [2.05, 4.69) is 28.3 Å². The molecule has 0 atom stereocenters. The molecule has 4 heteroatoms. The van der Waals surface area contributed by atoms with E-state index in [1.807, 2.05) is 29.9 Å². The lowest BCUT2D eigenvalue weighted by atomic mass is 10.1. The van der Waals surface area contributed by atoms with Crippen LogP contribution in [0.3, 0.4) is 0 Å². The maximum absolute atomic E-state index is 5.74. The summed E-state index contributed by atoms with van der Waals surface area (Å²) in [4.78, 5) is 4.31. The van der Waals surface area contributed by atoms with Crippen LogP contribution in [0.5, 0.6) is 0 Å². The van der Waals surface area contributed by atoms with Gasteiger partial charge in [0.05, 0.1) is 12.1 Å². The standard InChI is InChI=1S/C14H14N4/c1-10-8-18(17-14(10)15)9-11-4-5-13-12(7-11)3-2-6-16-13/h2-8H,9H2,1H3,(H2,15,17). The summed E-state index contributed by atoms with van der Waals surface area (Å²) in [5, 5.41) is 5.41. The Morgan fingerprint density at radius 1 is 1.28 bits per heavy atom. The highest BCUT2D eigenvalue weighted by Crippen LogP contribution is 2.15. The third-order valence-electron chi connectivity index (χ3n) is 2.99. The Morgan fingerprint density at radius 2 is 2.17 bits per heavy atom. The molecular weight excluding hydrogens is 224 g/mol. The van der Waals surface area contributed by atoms with Crippen LogP contribution >= 0.6 is 0 Å². The monoisotopic (exact) mass is 238 g/mol. The van der Waals surface area contributed by atoms with Crippen LogP contribution in [0.25, 0.3) is 10.9 Å². The lowest BCUT2D eigenvalue weighted by Gasteiger charge is -2.03. The number of pyridine rings is 1. The van der Waals surface area contributed by atoms with Crippen molar-refractivity contribution < 1.29 is 0 Å². The van der Waals surface area contributed by atoms with Gasteiger partial charge in [-0.15, -0.1) is 0 Å². The van der Waals surface area contributed by atoms with Crippen molar-refractivity contribution in [3.8, 4) is 0 Å². The zero-order valence-corrected chi connectivity index (χ0v) is 10.2. The Labute approximate surface area is 105 Å². The normalized spacial score (nSPS) is 10.9. The second-order valence-electron chi connectivity index (χ2n) is 4.43. The number of nitrogens with two attached hydrogens (primary N) is 1. The number of benzene rings is 1. The Balaban J connectivity index is 1.95. The number of rotatable bonds is 2. The molecule has 18 heavy (non-hydrogen) atoms. The van der Waals surface area contributed by atoms with Crippen LogP contribution in [0, 0.1) is 6.92 Å². The fourth-order valence-corrected chi connectivity index (χ4v) is 2.03. The summed E-state index contributed by atoms with van der Waals surface area (Å²) in [6.07, 6.45) is 3.77. The van der Waals surface area contributed by atoms with E-state index in [0.29, 0.717) is 5.82 Å². The van der Waals surface area contributed by atoms with Crippen molar-refractivity contribution in [2.75, 3.05) is 5.73 Å². The predicted molar refractivity (Wildman–Crippen MR) is 72.2 cm³/mol. The van der Waals surface area contributed by atoms with Crippen molar-refractivity contribution in [3.05, 3.63) is 53.9 Å².